The maximum Gasteiger partial charge on any atom is 0.420 e. The number of nitrogens with two attached hydrogens (primary N) is 1. The summed E-state index contributed by atoms with van der Waals surface area (Å²) in [4.78, 5) is 26.1. The van der Waals surface area contributed by atoms with Crippen molar-refractivity contribution in [3.05, 3.63) is 51.8 Å². The van der Waals surface area contributed by atoms with Gasteiger partial charge in [0, 0.05) is 42.7 Å². The Morgan fingerprint density at radius 1 is 1.16 bits per heavy atom. The van der Waals surface area contributed by atoms with Gasteiger partial charge in [-0.15, -0.1) is 0 Å². The molecule has 0 spiro atoms. The highest BCUT2D eigenvalue weighted by atomic mass is 19.4. The molecule has 0 radical (unpaired) electrons. The second kappa shape index (κ2) is 7.10. The van der Waals surface area contributed by atoms with Crippen molar-refractivity contribution in [2.75, 3.05) is 18.0 Å². The van der Waals surface area contributed by atoms with Gasteiger partial charge >= 0.3 is 12.1 Å². The van der Waals surface area contributed by atoms with Gasteiger partial charge in [0.15, 0.2) is 0 Å². The first-order chi connectivity index (χ1) is 15.1. The highest BCUT2D eigenvalue weighted by molar-refractivity contribution is 5.95. The summed E-state index contributed by atoms with van der Waals surface area (Å²) in [6.07, 6.45) is 1.60. The van der Waals surface area contributed by atoms with Gasteiger partial charge in [0.1, 0.15) is 11.1 Å². The molecule has 5 rings (SSSR count). The Bertz CT molecular complexity index is 1180. The van der Waals surface area contributed by atoms with Gasteiger partial charge in [0.05, 0.1) is 11.2 Å². The molecule has 3 aliphatic rings. The highest BCUT2D eigenvalue weighted by Gasteiger charge is 2.45. The van der Waals surface area contributed by atoms with E-state index in [4.69, 9.17) is 5.73 Å². The number of carboxylic acids is 1. The summed E-state index contributed by atoms with van der Waals surface area (Å²) in [5, 5.41) is 9.20. The second-order valence-corrected chi connectivity index (χ2v) is 9.22. The predicted molar refractivity (Wildman–Crippen MR) is 114 cm³/mol. The van der Waals surface area contributed by atoms with Gasteiger partial charge in [-0.05, 0) is 36.8 Å². The average Bonchev–Trinajstić information content (AvgIpc) is 3.46. The van der Waals surface area contributed by atoms with Crippen LogP contribution in [0, 0.1) is 17.8 Å². The smallest absolute Gasteiger partial charge is 0.420 e. The molecular weight excluding hydrogens is 423 g/mol. The Morgan fingerprint density at radius 3 is 2.44 bits per heavy atom. The van der Waals surface area contributed by atoms with Crippen molar-refractivity contribution >= 4 is 22.6 Å². The first kappa shape index (κ1) is 21.1. The van der Waals surface area contributed by atoms with Crippen LogP contribution in [0.25, 0.3) is 10.9 Å². The molecule has 2 fully saturated rings. The number of hydrogen-bond acceptors (Lipinski definition) is 4. The zero-order valence-electron chi connectivity index (χ0n) is 17.5. The number of nitrogens with zero attached hydrogens (tertiary/aromatic N) is 2. The number of pyridine rings is 1. The summed E-state index contributed by atoms with van der Waals surface area (Å²) in [7, 11) is 0. The lowest BCUT2D eigenvalue weighted by Crippen LogP contribution is -2.38. The summed E-state index contributed by atoms with van der Waals surface area (Å²) in [6.45, 7) is 2.89. The number of carbonyl (C=O) groups is 1. The molecular formula is C23H24F3N3O3. The minimum atomic E-state index is -4.72. The van der Waals surface area contributed by atoms with Gasteiger partial charge in [0.25, 0.3) is 0 Å². The van der Waals surface area contributed by atoms with E-state index in [2.05, 4.69) is 0 Å². The Balaban J connectivity index is 1.73. The maximum absolute atomic E-state index is 14.5. The van der Waals surface area contributed by atoms with E-state index in [0.717, 1.165) is 6.20 Å². The largest absolute Gasteiger partial charge is 0.477 e. The Kier molecular flexibility index (Phi) is 4.67. The third-order valence-electron chi connectivity index (χ3n) is 7.19. The van der Waals surface area contributed by atoms with Crippen LogP contribution in [0.2, 0.25) is 0 Å². The molecule has 170 valence electrons. The van der Waals surface area contributed by atoms with Crippen molar-refractivity contribution in [3.63, 3.8) is 0 Å². The van der Waals surface area contributed by atoms with E-state index >= 15 is 0 Å². The monoisotopic (exact) mass is 447 g/mol. The number of fused-ring (bicyclic) bond motifs is 2. The number of carboxylic acid groups (broad SMARTS) is 1. The lowest BCUT2D eigenvalue weighted by molar-refractivity contribution is -0.136. The molecule has 0 amide bonds. The SMILES string of the molecule is CC1C=CC(N)C2CN(c3ccc4c(=O)c(C(=O)O)cn(C5CC5)c4c3C(F)(F)F)CC12. The van der Waals surface area contributed by atoms with E-state index in [-0.39, 0.29) is 46.4 Å². The van der Waals surface area contributed by atoms with Crippen molar-refractivity contribution in [2.45, 2.75) is 38.0 Å². The zero-order chi connectivity index (χ0) is 22.9. The van der Waals surface area contributed by atoms with Crippen LogP contribution in [-0.4, -0.2) is 34.8 Å². The third-order valence-corrected chi connectivity index (χ3v) is 7.19. The van der Waals surface area contributed by atoms with Gasteiger partial charge in [-0.1, -0.05) is 19.1 Å². The van der Waals surface area contributed by atoms with Gasteiger partial charge in [-0.25, -0.2) is 4.79 Å². The minimum absolute atomic E-state index is 0.0238. The van der Waals surface area contributed by atoms with Crippen LogP contribution in [-0.2, 0) is 6.18 Å². The summed E-state index contributed by atoms with van der Waals surface area (Å²) in [6, 6.07) is 2.21. The highest BCUT2D eigenvalue weighted by Crippen LogP contribution is 2.47. The molecule has 2 aromatic rings. The number of halogens is 3. The van der Waals surface area contributed by atoms with Crippen molar-refractivity contribution in [2.24, 2.45) is 23.5 Å². The Labute approximate surface area is 182 Å². The molecule has 6 nitrogen and oxygen atoms in total. The topological polar surface area (TPSA) is 88.6 Å². The van der Waals surface area contributed by atoms with E-state index in [1.54, 1.807) is 4.90 Å². The van der Waals surface area contributed by atoms with Gasteiger partial charge < -0.3 is 20.3 Å². The zero-order valence-corrected chi connectivity index (χ0v) is 17.5. The molecule has 1 aromatic carbocycles. The molecule has 2 heterocycles. The van der Waals surface area contributed by atoms with Crippen LogP contribution < -0.4 is 16.1 Å². The van der Waals surface area contributed by atoms with Gasteiger partial charge in [-0.2, -0.15) is 13.2 Å². The molecule has 32 heavy (non-hydrogen) atoms. The fraction of sp³-hybridized carbons (Fsp3) is 0.478. The van der Waals surface area contributed by atoms with E-state index in [9.17, 15) is 27.9 Å². The summed E-state index contributed by atoms with van der Waals surface area (Å²) in [5.41, 5.74) is 3.76. The Morgan fingerprint density at radius 2 is 1.84 bits per heavy atom. The van der Waals surface area contributed by atoms with Crippen molar-refractivity contribution in [3.8, 4) is 0 Å². The van der Waals surface area contributed by atoms with E-state index in [1.165, 1.54) is 16.7 Å². The molecule has 4 unspecified atom stereocenters. The first-order valence-electron chi connectivity index (χ1n) is 10.8. The van der Waals surface area contributed by atoms with Crippen LogP contribution in [0.1, 0.15) is 41.7 Å². The molecule has 1 saturated heterocycles. The molecule has 2 aliphatic carbocycles. The molecule has 4 atom stereocenters. The maximum atomic E-state index is 14.5. The lowest BCUT2D eigenvalue weighted by atomic mass is 9.77. The fourth-order valence-electron chi connectivity index (χ4n) is 5.38. The third kappa shape index (κ3) is 3.21. The van der Waals surface area contributed by atoms with Gasteiger partial charge in [0.2, 0.25) is 5.43 Å². The number of allylic oxidation sites excluding steroid dienone is 1. The van der Waals surface area contributed by atoms with Crippen LogP contribution >= 0.6 is 0 Å². The molecule has 1 aliphatic heterocycles. The lowest BCUT2D eigenvalue weighted by Gasteiger charge is -2.30. The van der Waals surface area contributed by atoms with Crippen molar-refractivity contribution in [1.29, 1.82) is 0 Å². The second-order valence-electron chi connectivity index (χ2n) is 9.22. The molecule has 1 aromatic heterocycles. The van der Waals surface area contributed by atoms with Crippen LogP contribution in [0.4, 0.5) is 18.9 Å². The average molecular weight is 447 g/mol. The summed E-state index contributed by atoms with van der Waals surface area (Å²) < 4.78 is 44.9. The predicted octanol–water partition coefficient (Wildman–Crippen LogP) is 3.64. The quantitative estimate of drug-likeness (QED) is 0.702. The number of rotatable bonds is 3. The van der Waals surface area contributed by atoms with Crippen molar-refractivity contribution < 1.29 is 23.1 Å². The Hall–Kier alpha value is -2.81. The first-order valence-corrected chi connectivity index (χ1v) is 10.8. The van der Waals surface area contributed by atoms with Gasteiger partial charge in [-0.3, -0.25) is 4.79 Å². The van der Waals surface area contributed by atoms with E-state index in [0.29, 0.717) is 25.9 Å². The van der Waals surface area contributed by atoms with Crippen LogP contribution in [0.15, 0.2) is 35.3 Å². The number of aromatic nitrogens is 1. The fourth-order valence-corrected chi connectivity index (χ4v) is 5.38. The van der Waals surface area contributed by atoms with E-state index < -0.39 is 28.7 Å². The van der Waals surface area contributed by atoms with Crippen LogP contribution in [0.5, 0.6) is 0 Å². The summed E-state index contributed by atoms with van der Waals surface area (Å²) >= 11 is 0. The number of aromatic carboxylic acids is 1. The number of alkyl halides is 3. The minimum Gasteiger partial charge on any atom is -0.477 e. The molecule has 0 bridgehead atoms. The van der Waals surface area contributed by atoms with Crippen molar-refractivity contribution in [1.82, 2.24) is 4.57 Å². The number of anilines is 1. The van der Waals surface area contributed by atoms with Crippen LogP contribution in [0.3, 0.4) is 0 Å². The molecule has 9 heteroatoms. The number of hydrogen-bond donors (Lipinski definition) is 2. The molecule has 1 saturated carbocycles. The van der Waals surface area contributed by atoms with E-state index in [1.807, 2.05) is 19.1 Å². The normalized spacial score (nSPS) is 27.7. The molecule has 3 N–H and O–H groups in total. The standard InChI is InChI=1S/C23H24F3N3O3/c1-11-2-6-17(27)15-9-28(8-14(11)15)18-7-5-13-20(19(18)23(24,25)26)29(12-3-4-12)10-16(21(13)30)22(31)32/h2,5-7,10-12,14-15,17H,3-4,8-9,27H2,1H3,(H,31,32). The summed E-state index contributed by atoms with van der Waals surface area (Å²) in [5.74, 6) is -1.04. The number of benzene rings is 1.